The van der Waals surface area contributed by atoms with E-state index in [1.807, 2.05) is 4.90 Å². The Morgan fingerprint density at radius 2 is 2.29 bits per heavy atom. The average molecular weight is 234 g/mol. The maximum atomic E-state index is 12.0. The molecule has 1 aliphatic heterocycles. The van der Waals surface area contributed by atoms with Crippen LogP contribution in [0.3, 0.4) is 0 Å². The van der Waals surface area contributed by atoms with Crippen LogP contribution in [0.2, 0.25) is 0 Å². The van der Waals surface area contributed by atoms with Gasteiger partial charge < -0.3 is 9.47 Å². The van der Waals surface area contributed by atoms with Crippen molar-refractivity contribution in [2.45, 2.75) is 26.3 Å². The predicted octanol–water partition coefficient (Wildman–Crippen LogP) is 1.11. The van der Waals surface area contributed by atoms with Gasteiger partial charge in [-0.3, -0.25) is 9.59 Å². The molecular formula is C13H18N2O2. The van der Waals surface area contributed by atoms with Crippen LogP contribution >= 0.6 is 0 Å². The van der Waals surface area contributed by atoms with Crippen LogP contribution in [0.15, 0.2) is 29.2 Å². The van der Waals surface area contributed by atoms with Gasteiger partial charge in [-0.05, 0) is 24.8 Å². The number of carbonyl (C=O) groups is 1. The van der Waals surface area contributed by atoms with E-state index in [4.69, 9.17) is 0 Å². The minimum atomic E-state index is -0.120. The Morgan fingerprint density at radius 1 is 1.47 bits per heavy atom. The van der Waals surface area contributed by atoms with E-state index in [1.165, 1.54) is 17.1 Å². The highest BCUT2D eigenvalue weighted by Crippen LogP contribution is 2.15. The first kappa shape index (κ1) is 11.9. The van der Waals surface area contributed by atoms with Gasteiger partial charge in [0.25, 0.3) is 5.56 Å². The van der Waals surface area contributed by atoms with Gasteiger partial charge in [0, 0.05) is 25.4 Å². The molecule has 1 fully saturated rings. The highest BCUT2D eigenvalue weighted by Gasteiger charge is 2.20. The molecule has 0 aliphatic carbocycles. The molecule has 0 aromatic carbocycles. The molecule has 1 amide bonds. The lowest BCUT2D eigenvalue weighted by molar-refractivity contribution is -0.133. The van der Waals surface area contributed by atoms with Crippen molar-refractivity contribution in [1.82, 2.24) is 9.47 Å². The van der Waals surface area contributed by atoms with Gasteiger partial charge in [0.1, 0.15) is 6.54 Å². The molecule has 17 heavy (non-hydrogen) atoms. The zero-order chi connectivity index (χ0) is 12.3. The van der Waals surface area contributed by atoms with E-state index in [9.17, 15) is 9.59 Å². The summed E-state index contributed by atoms with van der Waals surface area (Å²) in [6, 6.07) is 4.94. The molecule has 2 rings (SSSR count). The highest BCUT2D eigenvalue weighted by molar-refractivity contribution is 5.76. The van der Waals surface area contributed by atoms with Gasteiger partial charge in [-0.25, -0.2) is 0 Å². The summed E-state index contributed by atoms with van der Waals surface area (Å²) >= 11 is 0. The fourth-order valence-electron chi connectivity index (χ4n) is 2.25. The van der Waals surface area contributed by atoms with Crippen LogP contribution in [-0.2, 0) is 11.3 Å². The first-order chi connectivity index (χ1) is 8.16. The Hall–Kier alpha value is -1.58. The Morgan fingerprint density at radius 3 is 3.00 bits per heavy atom. The zero-order valence-corrected chi connectivity index (χ0v) is 10.1. The largest absolute Gasteiger partial charge is 0.341 e. The van der Waals surface area contributed by atoms with Crippen LogP contribution in [0.4, 0.5) is 0 Å². The Balaban J connectivity index is 2.02. The second-order valence-corrected chi connectivity index (χ2v) is 4.75. The Bertz CT molecular complexity index is 453. The second-order valence-electron chi connectivity index (χ2n) is 4.75. The summed E-state index contributed by atoms with van der Waals surface area (Å²) < 4.78 is 1.46. The van der Waals surface area contributed by atoms with Gasteiger partial charge in [-0.2, -0.15) is 0 Å². The van der Waals surface area contributed by atoms with Crippen LogP contribution < -0.4 is 5.56 Å². The number of amides is 1. The smallest absolute Gasteiger partial charge is 0.250 e. The summed E-state index contributed by atoms with van der Waals surface area (Å²) in [6.45, 7) is 3.96. The maximum absolute atomic E-state index is 12.0. The van der Waals surface area contributed by atoms with Crippen LogP contribution in [-0.4, -0.2) is 28.5 Å². The van der Waals surface area contributed by atoms with E-state index in [1.54, 1.807) is 18.3 Å². The molecule has 2 heterocycles. The van der Waals surface area contributed by atoms with E-state index < -0.39 is 0 Å². The zero-order valence-electron chi connectivity index (χ0n) is 10.1. The minimum absolute atomic E-state index is 0.0462. The lowest BCUT2D eigenvalue weighted by Gasteiger charge is -2.31. The summed E-state index contributed by atoms with van der Waals surface area (Å²) in [5.74, 6) is 0.616. The first-order valence-corrected chi connectivity index (χ1v) is 6.10. The molecule has 0 spiro atoms. The van der Waals surface area contributed by atoms with Crippen LogP contribution in [0.1, 0.15) is 19.8 Å². The molecule has 0 radical (unpaired) electrons. The summed E-state index contributed by atoms with van der Waals surface area (Å²) in [7, 11) is 0. The highest BCUT2D eigenvalue weighted by atomic mass is 16.2. The monoisotopic (exact) mass is 234 g/mol. The molecule has 1 saturated heterocycles. The summed E-state index contributed by atoms with van der Waals surface area (Å²) in [4.78, 5) is 25.4. The van der Waals surface area contributed by atoms with Gasteiger partial charge in [0.15, 0.2) is 0 Å². The van der Waals surface area contributed by atoms with Crippen molar-refractivity contribution in [1.29, 1.82) is 0 Å². The summed E-state index contributed by atoms with van der Waals surface area (Å²) in [6.07, 6.45) is 3.92. The minimum Gasteiger partial charge on any atom is -0.341 e. The topological polar surface area (TPSA) is 42.3 Å². The quantitative estimate of drug-likeness (QED) is 0.769. The SMILES string of the molecule is CC1CCCN(C(=O)Cn2ccccc2=O)C1. The Labute approximate surface area is 101 Å². The fourth-order valence-corrected chi connectivity index (χ4v) is 2.25. The number of rotatable bonds is 2. The average Bonchev–Trinajstić information content (AvgIpc) is 2.32. The normalized spacial score (nSPS) is 20.3. The number of piperidine rings is 1. The lowest BCUT2D eigenvalue weighted by atomic mass is 10.0. The number of likely N-dealkylation sites (tertiary alicyclic amines) is 1. The van der Waals surface area contributed by atoms with E-state index in [0.717, 1.165) is 19.5 Å². The third-order valence-corrected chi connectivity index (χ3v) is 3.21. The molecular weight excluding hydrogens is 216 g/mol. The van der Waals surface area contributed by atoms with E-state index >= 15 is 0 Å². The lowest BCUT2D eigenvalue weighted by Crippen LogP contribution is -2.42. The molecule has 1 aromatic heterocycles. The molecule has 4 heteroatoms. The molecule has 0 bridgehead atoms. The van der Waals surface area contributed by atoms with Crippen molar-refractivity contribution >= 4 is 5.91 Å². The number of hydrogen-bond donors (Lipinski definition) is 0. The predicted molar refractivity (Wildman–Crippen MR) is 65.7 cm³/mol. The molecule has 4 nitrogen and oxygen atoms in total. The van der Waals surface area contributed by atoms with E-state index in [-0.39, 0.29) is 18.0 Å². The van der Waals surface area contributed by atoms with Gasteiger partial charge in [-0.15, -0.1) is 0 Å². The standard InChI is InChI=1S/C13H18N2O2/c1-11-5-4-8-14(9-11)13(17)10-15-7-3-2-6-12(15)16/h2-3,6-7,11H,4-5,8-10H2,1H3. The third kappa shape index (κ3) is 2.96. The van der Waals surface area contributed by atoms with Crippen molar-refractivity contribution in [3.63, 3.8) is 0 Å². The van der Waals surface area contributed by atoms with Gasteiger partial charge in [-0.1, -0.05) is 13.0 Å². The fraction of sp³-hybridized carbons (Fsp3) is 0.538. The van der Waals surface area contributed by atoms with E-state index in [2.05, 4.69) is 6.92 Å². The molecule has 1 aliphatic rings. The third-order valence-electron chi connectivity index (χ3n) is 3.21. The summed E-state index contributed by atoms with van der Waals surface area (Å²) in [5.41, 5.74) is -0.120. The van der Waals surface area contributed by atoms with Crippen molar-refractivity contribution in [2.24, 2.45) is 5.92 Å². The number of nitrogens with zero attached hydrogens (tertiary/aromatic N) is 2. The first-order valence-electron chi connectivity index (χ1n) is 6.10. The molecule has 1 atom stereocenters. The molecule has 1 aromatic rings. The molecule has 0 N–H and O–H groups in total. The van der Waals surface area contributed by atoms with Crippen molar-refractivity contribution in [2.75, 3.05) is 13.1 Å². The molecule has 1 unspecified atom stereocenters. The van der Waals surface area contributed by atoms with Crippen LogP contribution in [0.25, 0.3) is 0 Å². The van der Waals surface area contributed by atoms with Crippen molar-refractivity contribution in [3.05, 3.63) is 34.7 Å². The number of hydrogen-bond acceptors (Lipinski definition) is 2. The van der Waals surface area contributed by atoms with Crippen molar-refractivity contribution < 1.29 is 4.79 Å². The maximum Gasteiger partial charge on any atom is 0.250 e. The Kier molecular flexibility index (Phi) is 3.61. The molecule has 92 valence electrons. The van der Waals surface area contributed by atoms with Gasteiger partial charge in [0.05, 0.1) is 0 Å². The van der Waals surface area contributed by atoms with E-state index in [0.29, 0.717) is 5.92 Å². The second kappa shape index (κ2) is 5.17. The summed E-state index contributed by atoms with van der Waals surface area (Å²) in [5, 5.41) is 0. The molecule has 0 saturated carbocycles. The van der Waals surface area contributed by atoms with Crippen LogP contribution in [0.5, 0.6) is 0 Å². The van der Waals surface area contributed by atoms with Gasteiger partial charge >= 0.3 is 0 Å². The van der Waals surface area contributed by atoms with Gasteiger partial charge in [0.2, 0.25) is 5.91 Å². The number of aromatic nitrogens is 1. The van der Waals surface area contributed by atoms with Crippen LogP contribution in [0, 0.1) is 5.92 Å². The number of carbonyl (C=O) groups excluding carboxylic acids is 1. The van der Waals surface area contributed by atoms with Crippen molar-refractivity contribution in [3.8, 4) is 0 Å². The number of pyridine rings is 1.